The van der Waals surface area contributed by atoms with Gasteiger partial charge < -0.3 is 13.9 Å². The fourth-order valence-corrected chi connectivity index (χ4v) is 10.1. The van der Waals surface area contributed by atoms with Gasteiger partial charge in [0.25, 0.3) is 0 Å². The third-order valence-electron chi connectivity index (χ3n) is 12.5. The maximum absolute atomic E-state index is 10.2. The van der Waals surface area contributed by atoms with E-state index in [9.17, 15) is 5.26 Å². The number of aromatic nitrogens is 2. The molecule has 0 spiro atoms. The Kier molecular flexibility index (Phi) is 5.51. The van der Waals surface area contributed by atoms with Crippen molar-refractivity contribution in [2.45, 2.75) is 12.0 Å². The summed E-state index contributed by atoms with van der Waals surface area (Å²) in [4.78, 5) is 2.50. The number of fused-ring (bicyclic) bond motifs is 14. The molecule has 0 N–H and O–H groups in total. The van der Waals surface area contributed by atoms with E-state index in [-0.39, 0.29) is 6.04 Å². The minimum Gasteiger partial charge on any atom is -0.333 e. The summed E-state index contributed by atoms with van der Waals surface area (Å²) >= 11 is 0. The van der Waals surface area contributed by atoms with Gasteiger partial charge in [-0.05, 0) is 106 Å². The van der Waals surface area contributed by atoms with Crippen LogP contribution in [0.5, 0.6) is 0 Å². The highest BCUT2D eigenvalue weighted by molar-refractivity contribution is 6.26. The molecule has 0 bridgehead atoms. The van der Waals surface area contributed by atoms with Crippen molar-refractivity contribution in [2.24, 2.45) is 0 Å². The molecule has 3 aromatic heterocycles. The summed E-state index contributed by atoms with van der Waals surface area (Å²) in [6.07, 6.45) is 9.03. The van der Waals surface area contributed by atoms with Crippen LogP contribution in [0.2, 0.25) is 0 Å². The Hall–Kier alpha value is -7.35. The number of para-hydroxylation sites is 3. The Labute approximate surface area is 315 Å². The highest BCUT2D eigenvalue weighted by Gasteiger charge is 2.37. The molecule has 55 heavy (non-hydrogen) atoms. The molecule has 11 aromatic rings. The third kappa shape index (κ3) is 3.79. The van der Waals surface area contributed by atoms with Crippen LogP contribution in [0.15, 0.2) is 170 Å². The molecule has 2 aliphatic rings. The maximum Gasteiger partial charge on any atom is 0.0992 e. The van der Waals surface area contributed by atoms with Gasteiger partial charge in [0.15, 0.2) is 0 Å². The largest absolute Gasteiger partial charge is 0.333 e. The van der Waals surface area contributed by atoms with E-state index in [1.165, 1.54) is 76.6 Å². The Morgan fingerprint density at radius 1 is 0.473 bits per heavy atom. The van der Waals surface area contributed by atoms with Gasteiger partial charge in [0.2, 0.25) is 0 Å². The van der Waals surface area contributed by atoms with Crippen LogP contribution < -0.4 is 4.90 Å². The van der Waals surface area contributed by atoms with E-state index in [1.54, 1.807) is 0 Å². The molecule has 4 heteroatoms. The first-order valence-electron chi connectivity index (χ1n) is 19.0. The fraction of sp³-hybridized carbons (Fsp3) is 0.0392. The number of benzene rings is 8. The lowest BCUT2D eigenvalue weighted by atomic mass is 9.91. The van der Waals surface area contributed by atoms with E-state index < -0.39 is 0 Å². The molecule has 0 saturated carbocycles. The van der Waals surface area contributed by atoms with Crippen LogP contribution in [0, 0.1) is 11.3 Å². The van der Waals surface area contributed by atoms with Gasteiger partial charge in [0, 0.05) is 55.3 Å². The van der Waals surface area contributed by atoms with Crippen molar-refractivity contribution < 1.29 is 0 Å². The van der Waals surface area contributed by atoms with E-state index in [1.807, 2.05) is 0 Å². The molecular formula is C51H30N4. The second-order valence-electron chi connectivity index (χ2n) is 15.3. The minimum atomic E-state index is 0.247. The van der Waals surface area contributed by atoms with Gasteiger partial charge in [-0.3, -0.25) is 0 Å². The standard InChI is InChI=1S/C51H30N4/c52-29-30-21-43-41-25-31-17-19-35(53-45-13-5-1-9-37(45)38-10-2-6-14-46(38)53)23-33(31)27-49(41)55-50-28-34-24-36(20-18-32(34)26-42(50)44(22-30)51(43)55)54-47-15-7-3-11-39(47)40-12-4-8-16-48(40)54/h1-28,37,45H. The molecule has 4 nitrogen and oxygen atoms in total. The van der Waals surface area contributed by atoms with E-state index in [0.717, 1.165) is 27.5 Å². The SMILES string of the molecule is N#Cc1cc2c3cc4ccc(N5c6ccccc6C6C=CC=CC65)cc4cc3n3c4cc5cc(-n6c7ccccc7c7ccccc76)ccc5cc4c(c1)c23. The lowest BCUT2D eigenvalue weighted by Gasteiger charge is -2.29. The molecule has 0 fully saturated rings. The summed E-state index contributed by atoms with van der Waals surface area (Å²) in [5.74, 6) is 0.338. The molecule has 2 atom stereocenters. The van der Waals surface area contributed by atoms with Gasteiger partial charge in [0.1, 0.15) is 0 Å². The quantitative estimate of drug-likeness (QED) is 0.180. The topological polar surface area (TPSA) is 36.4 Å². The van der Waals surface area contributed by atoms with Crippen molar-refractivity contribution in [2.75, 3.05) is 4.90 Å². The summed E-state index contributed by atoms with van der Waals surface area (Å²) in [7, 11) is 0. The van der Waals surface area contributed by atoms with E-state index >= 15 is 0 Å². The Morgan fingerprint density at radius 3 is 1.76 bits per heavy atom. The summed E-state index contributed by atoms with van der Waals surface area (Å²) < 4.78 is 4.84. The second kappa shape index (κ2) is 10.4. The highest BCUT2D eigenvalue weighted by atomic mass is 15.2. The molecule has 0 amide bonds. The predicted octanol–water partition coefficient (Wildman–Crippen LogP) is 12.8. The Morgan fingerprint density at radius 2 is 1.07 bits per heavy atom. The van der Waals surface area contributed by atoms with Gasteiger partial charge in [-0.1, -0.05) is 91.0 Å². The summed E-state index contributed by atoms with van der Waals surface area (Å²) in [5, 5.41) is 22.1. The van der Waals surface area contributed by atoms with Gasteiger partial charge in [-0.25, -0.2) is 0 Å². The number of nitrogens with zero attached hydrogens (tertiary/aromatic N) is 4. The van der Waals surface area contributed by atoms with Crippen molar-refractivity contribution >= 4 is 92.8 Å². The van der Waals surface area contributed by atoms with Crippen LogP contribution in [-0.4, -0.2) is 15.0 Å². The zero-order valence-electron chi connectivity index (χ0n) is 29.6. The van der Waals surface area contributed by atoms with Crippen LogP contribution in [0.25, 0.3) is 87.1 Å². The number of nitriles is 1. The van der Waals surface area contributed by atoms with Crippen LogP contribution >= 0.6 is 0 Å². The molecule has 8 aromatic carbocycles. The van der Waals surface area contributed by atoms with Crippen LogP contribution in [-0.2, 0) is 0 Å². The molecule has 0 radical (unpaired) electrons. The molecule has 13 rings (SSSR count). The number of hydrogen-bond donors (Lipinski definition) is 0. The number of hydrogen-bond acceptors (Lipinski definition) is 2. The lowest BCUT2D eigenvalue weighted by molar-refractivity contribution is 0.745. The second-order valence-corrected chi connectivity index (χ2v) is 15.3. The molecule has 4 heterocycles. The molecule has 1 aliphatic carbocycles. The van der Waals surface area contributed by atoms with Crippen molar-refractivity contribution in [3.63, 3.8) is 0 Å². The number of rotatable bonds is 2. The molecule has 1 aliphatic heterocycles. The summed E-state index contributed by atoms with van der Waals surface area (Å²) in [6, 6.07) is 56.2. The Balaban J connectivity index is 1.06. The zero-order valence-corrected chi connectivity index (χ0v) is 29.6. The molecule has 254 valence electrons. The summed E-state index contributed by atoms with van der Waals surface area (Å²) in [5.41, 5.74) is 11.6. The summed E-state index contributed by atoms with van der Waals surface area (Å²) in [6.45, 7) is 0. The molecule has 0 saturated heterocycles. The van der Waals surface area contributed by atoms with Crippen molar-refractivity contribution in [1.29, 1.82) is 5.26 Å². The van der Waals surface area contributed by atoms with Crippen LogP contribution in [0.3, 0.4) is 0 Å². The van der Waals surface area contributed by atoms with Crippen molar-refractivity contribution in [3.8, 4) is 11.8 Å². The highest BCUT2D eigenvalue weighted by Crippen LogP contribution is 2.49. The average molecular weight is 699 g/mol. The predicted molar refractivity (Wildman–Crippen MR) is 229 cm³/mol. The fourth-order valence-electron chi connectivity index (χ4n) is 10.1. The number of allylic oxidation sites excluding steroid dienone is 2. The number of anilines is 2. The zero-order chi connectivity index (χ0) is 35.9. The molecular weight excluding hydrogens is 669 g/mol. The lowest BCUT2D eigenvalue weighted by Crippen LogP contribution is -2.28. The van der Waals surface area contributed by atoms with Gasteiger partial charge in [-0.2, -0.15) is 5.26 Å². The van der Waals surface area contributed by atoms with Gasteiger partial charge >= 0.3 is 0 Å². The first-order chi connectivity index (χ1) is 27.2. The van der Waals surface area contributed by atoms with Gasteiger partial charge in [0.05, 0.1) is 45.3 Å². The van der Waals surface area contributed by atoms with Crippen molar-refractivity contribution in [3.05, 3.63) is 181 Å². The first-order valence-corrected chi connectivity index (χ1v) is 19.0. The first kappa shape index (κ1) is 29.1. The third-order valence-corrected chi connectivity index (χ3v) is 12.5. The maximum atomic E-state index is 10.2. The average Bonchev–Trinajstić information content (AvgIpc) is 3.95. The van der Waals surface area contributed by atoms with E-state index in [2.05, 4.69) is 190 Å². The van der Waals surface area contributed by atoms with Crippen molar-refractivity contribution in [1.82, 2.24) is 8.97 Å². The monoisotopic (exact) mass is 698 g/mol. The Bertz CT molecular complexity index is 3530. The van der Waals surface area contributed by atoms with E-state index in [0.29, 0.717) is 11.5 Å². The minimum absolute atomic E-state index is 0.247. The molecule has 2 unspecified atom stereocenters. The van der Waals surface area contributed by atoms with E-state index in [4.69, 9.17) is 0 Å². The van der Waals surface area contributed by atoms with Gasteiger partial charge in [-0.15, -0.1) is 0 Å². The smallest absolute Gasteiger partial charge is 0.0992 e. The van der Waals surface area contributed by atoms with Crippen LogP contribution in [0.4, 0.5) is 11.4 Å². The normalized spacial score (nSPS) is 16.5. The van der Waals surface area contributed by atoms with Crippen LogP contribution in [0.1, 0.15) is 17.0 Å².